The van der Waals surface area contributed by atoms with Crippen molar-refractivity contribution in [3.63, 3.8) is 0 Å². The summed E-state index contributed by atoms with van der Waals surface area (Å²) in [6.07, 6.45) is 1.74. The molecule has 1 N–H and O–H groups in total. The van der Waals surface area contributed by atoms with E-state index in [1.54, 1.807) is 19.1 Å². The van der Waals surface area contributed by atoms with Crippen molar-refractivity contribution in [2.24, 2.45) is 0 Å². The molecule has 0 unspecified atom stereocenters. The minimum Gasteiger partial charge on any atom is -0.508 e. The third-order valence-electron chi connectivity index (χ3n) is 4.47. The lowest BCUT2D eigenvalue weighted by Crippen LogP contribution is -2.17. The second-order valence-corrected chi connectivity index (χ2v) is 6.25. The van der Waals surface area contributed by atoms with Crippen LogP contribution in [0.3, 0.4) is 0 Å². The van der Waals surface area contributed by atoms with Gasteiger partial charge < -0.3 is 19.0 Å². The highest BCUT2D eigenvalue weighted by Crippen LogP contribution is 2.29. The van der Waals surface area contributed by atoms with Crippen molar-refractivity contribution in [2.45, 2.75) is 13.5 Å². The number of hydrogen-bond acceptors (Lipinski definition) is 6. The highest BCUT2D eigenvalue weighted by molar-refractivity contribution is 5.95. The largest absolute Gasteiger partial charge is 0.508 e. The number of benzene rings is 2. The van der Waals surface area contributed by atoms with Gasteiger partial charge in [-0.3, -0.25) is 0 Å². The maximum atomic E-state index is 12.4. The molecule has 3 aromatic rings. The Labute approximate surface area is 154 Å². The van der Waals surface area contributed by atoms with Crippen LogP contribution >= 0.6 is 0 Å². The molecule has 0 spiro atoms. The first-order valence-corrected chi connectivity index (χ1v) is 8.38. The van der Waals surface area contributed by atoms with E-state index >= 15 is 0 Å². The first-order chi connectivity index (χ1) is 13.0. The number of aromatic hydroxyl groups is 1. The lowest BCUT2D eigenvalue weighted by molar-refractivity contribution is -0.140. The summed E-state index contributed by atoms with van der Waals surface area (Å²) < 4.78 is 16.1. The smallest absolute Gasteiger partial charge is 0.337 e. The molecule has 6 heteroatoms. The van der Waals surface area contributed by atoms with Gasteiger partial charge in [0.25, 0.3) is 0 Å². The topological polar surface area (TPSA) is 86.0 Å². The SMILES string of the molecule is Cc1c(O)ccc2c(COC(=O)C3=Cc4ccccc4OC3)cc(=O)oc12. The Morgan fingerprint density at radius 2 is 2.04 bits per heavy atom. The van der Waals surface area contributed by atoms with E-state index in [1.807, 2.05) is 24.3 Å². The van der Waals surface area contributed by atoms with E-state index in [4.69, 9.17) is 13.9 Å². The van der Waals surface area contributed by atoms with Crippen molar-refractivity contribution >= 4 is 23.0 Å². The lowest BCUT2D eigenvalue weighted by Gasteiger charge is -2.17. The van der Waals surface area contributed by atoms with Gasteiger partial charge in [0, 0.05) is 28.1 Å². The standard InChI is InChI=1S/C21H16O6/c1-12-17(22)7-6-16-14(9-19(23)27-20(12)16)10-26-21(24)15-8-13-4-2-3-5-18(13)25-11-15/h2-9,22H,10-11H2,1H3. The summed E-state index contributed by atoms with van der Waals surface area (Å²) in [7, 11) is 0. The van der Waals surface area contributed by atoms with Crippen LogP contribution in [0.4, 0.5) is 0 Å². The number of hydrogen-bond donors (Lipinski definition) is 1. The molecule has 1 aromatic heterocycles. The Kier molecular flexibility index (Phi) is 4.16. The van der Waals surface area contributed by atoms with Crippen LogP contribution in [0.15, 0.2) is 57.2 Å². The zero-order valence-corrected chi connectivity index (χ0v) is 14.5. The molecule has 1 aliphatic heterocycles. The molecule has 0 amide bonds. The van der Waals surface area contributed by atoms with Gasteiger partial charge in [-0.2, -0.15) is 0 Å². The summed E-state index contributed by atoms with van der Waals surface area (Å²) in [5, 5.41) is 10.4. The monoisotopic (exact) mass is 364 g/mol. The molecule has 0 radical (unpaired) electrons. The predicted octanol–water partition coefficient (Wildman–Crippen LogP) is 3.33. The van der Waals surface area contributed by atoms with Crippen LogP contribution in [-0.2, 0) is 16.1 Å². The van der Waals surface area contributed by atoms with Crippen molar-refractivity contribution in [2.75, 3.05) is 6.61 Å². The molecule has 136 valence electrons. The van der Waals surface area contributed by atoms with Gasteiger partial charge in [0.1, 0.15) is 30.3 Å². The van der Waals surface area contributed by atoms with Gasteiger partial charge in [-0.15, -0.1) is 0 Å². The van der Waals surface area contributed by atoms with Crippen LogP contribution in [0.1, 0.15) is 16.7 Å². The maximum absolute atomic E-state index is 12.4. The number of phenols is 1. The molecule has 0 atom stereocenters. The summed E-state index contributed by atoms with van der Waals surface area (Å²) in [6.45, 7) is 1.68. The molecule has 2 heterocycles. The van der Waals surface area contributed by atoms with Gasteiger partial charge >= 0.3 is 11.6 Å². The van der Waals surface area contributed by atoms with Crippen molar-refractivity contribution in [1.29, 1.82) is 0 Å². The summed E-state index contributed by atoms with van der Waals surface area (Å²) in [4.78, 5) is 24.2. The van der Waals surface area contributed by atoms with E-state index in [2.05, 4.69) is 0 Å². The summed E-state index contributed by atoms with van der Waals surface area (Å²) in [5.41, 5.74) is 1.88. The molecule has 4 rings (SSSR count). The van der Waals surface area contributed by atoms with Gasteiger partial charge in [0.05, 0.1) is 5.57 Å². The first-order valence-electron chi connectivity index (χ1n) is 8.38. The van der Waals surface area contributed by atoms with Gasteiger partial charge in [-0.05, 0) is 31.2 Å². The minimum atomic E-state index is -0.573. The Morgan fingerprint density at radius 3 is 2.89 bits per heavy atom. The maximum Gasteiger partial charge on any atom is 0.337 e. The van der Waals surface area contributed by atoms with Crippen LogP contribution in [0.25, 0.3) is 17.0 Å². The normalized spacial score (nSPS) is 12.9. The van der Waals surface area contributed by atoms with E-state index in [1.165, 1.54) is 12.1 Å². The molecule has 0 bridgehead atoms. The molecule has 2 aromatic carbocycles. The van der Waals surface area contributed by atoms with Crippen LogP contribution < -0.4 is 10.4 Å². The Balaban J connectivity index is 1.59. The second-order valence-electron chi connectivity index (χ2n) is 6.25. The van der Waals surface area contributed by atoms with Gasteiger partial charge in [0.15, 0.2) is 0 Å². The number of esters is 1. The number of carbonyl (C=O) groups excluding carboxylic acids is 1. The third kappa shape index (κ3) is 3.17. The highest BCUT2D eigenvalue weighted by Gasteiger charge is 2.19. The average molecular weight is 364 g/mol. The van der Waals surface area contributed by atoms with Crippen LogP contribution in [-0.4, -0.2) is 17.7 Å². The molecule has 6 nitrogen and oxygen atoms in total. The highest BCUT2D eigenvalue weighted by atomic mass is 16.5. The van der Waals surface area contributed by atoms with Crippen molar-refractivity contribution < 1.29 is 23.8 Å². The third-order valence-corrected chi connectivity index (χ3v) is 4.47. The molecule has 27 heavy (non-hydrogen) atoms. The minimum absolute atomic E-state index is 0.0305. The first kappa shape index (κ1) is 16.9. The number of rotatable bonds is 3. The number of phenolic OH excluding ortho intramolecular Hbond substituents is 1. The quantitative estimate of drug-likeness (QED) is 0.567. The summed E-state index contributed by atoms with van der Waals surface area (Å²) >= 11 is 0. The fraction of sp³-hybridized carbons (Fsp3) is 0.143. The number of para-hydroxylation sites is 1. The molecular weight excluding hydrogens is 348 g/mol. The molecule has 0 saturated carbocycles. The van der Waals surface area contributed by atoms with Crippen molar-refractivity contribution in [3.05, 3.63) is 75.1 Å². The second kappa shape index (κ2) is 6.64. The molecule has 1 aliphatic rings. The summed E-state index contributed by atoms with van der Waals surface area (Å²) in [6, 6.07) is 11.8. The Morgan fingerprint density at radius 1 is 1.22 bits per heavy atom. The zero-order chi connectivity index (χ0) is 19.0. The van der Waals surface area contributed by atoms with Crippen LogP contribution in [0.5, 0.6) is 11.5 Å². The number of fused-ring (bicyclic) bond motifs is 2. The average Bonchev–Trinajstić information content (AvgIpc) is 2.68. The van der Waals surface area contributed by atoms with E-state index in [9.17, 15) is 14.7 Å². The Hall–Kier alpha value is -3.54. The molecule has 0 fully saturated rings. The van der Waals surface area contributed by atoms with E-state index in [0.717, 1.165) is 11.3 Å². The molecular formula is C21H16O6. The number of ether oxygens (including phenoxy) is 2. The van der Waals surface area contributed by atoms with Crippen LogP contribution in [0, 0.1) is 6.92 Å². The molecule has 0 saturated heterocycles. The fourth-order valence-electron chi connectivity index (χ4n) is 3.01. The van der Waals surface area contributed by atoms with E-state index < -0.39 is 11.6 Å². The van der Waals surface area contributed by atoms with E-state index in [-0.39, 0.29) is 24.5 Å². The van der Waals surface area contributed by atoms with Gasteiger partial charge in [-0.25, -0.2) is 9.59 Å². The van der Waals surface area contributed by atoms with Crippen LogP contribution in [0.2, 0.25) is 0 Å². The van der Waals surface area contributed by atoms with Gasteiger partial charge in [0.2, 0.25) is 0 Å². The predicted molar refractivity (Wildman–Crippen MR) is 98.6 cm³/mol. The fourth-order valence-corrected chi connectivity index (χ4v) is 3.01. The van der Waals surface area contributed by atoms with Crippen molar-refractivity contribution in [1.82, 2.24) is 0 Å². The van der Waals surface area contributed by atoms with Gasteiger partial charge in [-0.1, -0.05) is 18.2 Å². The molecule has 0 aliphatic carbocycles. The van der Waals surface area contributed by atoms with Crippen molar-refractivity contribution in [3.8, 4) is 11.5 Å². The number of aryl methyl sites for hydroxylation is 1. The Bertz CT molecular complexity index is 1140. The van der Waals surface area contributed by atoms with E-state index in [0.29, 0.717) is 22.1 Å². The lowest BCUT2D eigenvalue weighted by atomic mass is 10.1. The summed E-state index contributed by atoms with van der Waals surface area (Å²) in [5.74, 6) is 0.236. The zero-order valence-electron chi connectivity index (χ0n) is 14.5. The number of carbonyl (C=O) groups is 1.